The van der Waals surface area contributed by atoms with E-state index in [0.29, 0.717) is 6.61 Å². The highest BCUT2D eigenvalue weighted by molar-refractivity contribution is 6.74. The van der Waals surface area contributed by atoms with Gasteiger partial charge in [-0.05, 0) is 38.9 Å². The topological polar surface area (TPSA) is 64.6 Å². The van der Waals surface area contributed by atoms with Gasteiger partial charge < -0.3 is 19.3 Å². The van der Waals surface area contributed by atoms with Gasteiger partial charge in [-0.3, -0.25) is 0 Å². The van der Waals surface area contributed by atoms with Crippen LogP contribution in [0.1, 0.15) is 48.0 Å². The minimum Gasteiger partial charge on any atom is -0.444 e. The Balaban J connectivity index is 4.58. The second kappa shape index (κ2) is 7.40. The van der Waals surface area contributed by atoms with Crippen molar-refractivity contribution in [3.8, 4) is 0 Å². The summed E-state index contributed by atoms with van der Waals surface area (Å²) in [6.07, 6.45) is 0.485. The maximum absolute atomic E-state index is 11.8. The quantitative estimate of drug-likeness (QED) is 0.601. The Kier molecular flexibility index (Phi) is 7.09. The Hall–Kier alpha value is -0.883. The summed E-state index contributed by atoms with van der Waals surface area (Å²) in [7, 11) is -1.90. The van der Waals surface area contributed by atoms with Crippen molar-refractivity contribution in [1.29, 1.82) is 0 Å². The average molecular weight is 318 g/mol. The molecule has 5 nitrogen and oxygen atoms in total. The Morgan fingerprint density at radius 1 is 1.19 bits per heavy atom. The van der Waals surface area contributed by atoms with Crippen LogP contribution in [0.3, 0.4) is 0 Å². The molecule has 0 aliphatic heterocycles. The van der Waals surface area contributed by atoms with Crippen molar-refractivity contribution in [2.75, 3.05) is 6.61 Å². The molecule has 0 aliphatic carbocycles. The van der Waals surface area contributed by atoms with Crippen molar-refractivity contribution < 1.29 is 18.8 Å². The molecule has 1 N–H and O–H groups in total. The van der Waals surface area contributed by atoms with Crippen LogP contribution in [0.4, 0.5) is 4.79 Å². The molecule has 0 bridgehead atoms. The Labute approximate surface area is 129 Å². The summed E-state index contributed by atoms with van der Waals surface area (Å²) in [5.74, 6) is 0. The van der Waals surface area contributed by atoms with Crippen molar-refractivity contribution in [1.82, 2.24) is 5.32 Å². The summed E-state index contributed by atoms with van der Waals surface area (Å²) in [6, 6.07) is -0.355. The maximum atomic E-state index is 11.8. The van der Waals surface area contributed by atoms with Gasteiger partial charge in [0, 0.05) is 6.42 Å². The molecule has 0 heterocycles. The van der Waals surface area contributed by atoms with Crippen LogP contribution in [0.15, 0.2) is 0 Å². The van der Waals surface area contributed by atoms with Gasteiger partial charge in [0.1, 0.15) is 11.9 Å². The fourth-order valence-electron chi connectivity index (χ4n) is 1.28. The highest BCUT2D eigenvalue weighted by Gasteiger charge is 2.37. The molecular weight excluding hydrogens is 286 g/mol. The molecule has 21 heavy (non-hydrogen) atoms. The molecule has 1 amide bonds. The summed E-state index contributed by atoms with van der Waals surface area (Å²) >= 11 is 0. The van der Waals surface area contributed by atoms with Gasteiger partial charge in [0.15, 0.2) is 8.32 Å². The van der Waals surface area contributed by atoms with E-state index in [-0.39, 0.29) is 17.5 Å². The maximum Gasteiger partial charge on any atom is 0.407 e. The minimum atomic E-state index is -1.90. The number of ether oxygens (including phenoxy) is 1. The molecule has 6 heteroatoms. The zero-order chi connectivity index (χ0) is 16.9. The predicted octanol–water partition coefficient (Wildman–Crippen LogP) is 3.49. The minimum absolute atomic E-state index is 0.0879. The number of carbonyl (C=O) groups is 2. The molecule has 0 aliphatic rings. The molecule has 1 atom stereocenters. The zero-order valence-corrected chi connectivity index (χ0v) is 15.7. The van der Waals surface area contributed by atoms with Crippen molar-refractivity contribution in [2.24, 2.45) is 0 Å². The number of amides is 1. The molecular formula is C15H31NO4Si. The van der Waals surface area contributed by atoms with Gasteiger partial charge in [0.25, 0.3) is 0 Å². The first kappa shape index (κ1) is 20.1. The van der Waals surface area contributed by atoms with Crippen molar-refractivity contribution >= 4 is 20.7 Å². The van der Waals surface area contributed by atoms with Crippen LogP contribution in [0.25, 0.3) is 0 Å². The van der Waals surface area contributed by atoms with Crippen LogP contribution in [0, 0.1) is 0 Å². The van der Waals surface area contributed by atoms with Gasteiger partial charge in [0.05, 0.1) is 12.6 Å². The molecule has 0 spiro atoms. The van der Waals surface area contributed by atoms with E-state index in [1.807, 2.05) is 0 Å². The van der Waals surface area contributed by atoms with Crippen LogP contribution in [-0.4, -0.2) is 38.9 Å². The average Bonchev–Trinajstić information content (AvgIpc) is 2.22. The standard InChI is InChI=1S/C15H31NO4Si/c1-14(2,3)20-13(18)16-12(9-10-17)11-19-21(7,8)15(4,5)6/h10,12H,9,11H2,1-8H3,(H,16,18). The van der Waals surface area contributed by atoms with E-state index in [1.54, 1.807) is 20.8 Å². The first-order valence-corrected chi connectivity index (χ1v) is 10.3. The van der Waals surface area contributed by atoms with Gasteiger partial charge in [-0.15, -0.1) is 0 Å². The van der Waals surface area contributed by atoms with E-state index in [9.17, 15) is 9.59 Å². The smallest absolute Gasteiger partial charge is 0.407 e. The summed E-state index contributed by atoms with van der Waals surface area (Å²) in [5, 5.41) is 2.79. The molecule has 0 radical (unpaired) electrons. The first-order valence-electron chi connectivity index (χ1n) is 7.35. The fraction of sp³-hybridized carbons (Fsp3) is 0.867. The summed E-state index contributed by atoms with van der Waals surface area (Å²) in [5.41, 5.74) is -0.559. The van der Waals surface area contributed by atoms with Gasteiger partial charge in [-0.1, -0.05) is 20.8 Å². The molecule has 0 aromatic rings. The third kappa shape index (κ3) is 8.21. The van der Waals surface area contributed by atoms with Crippen molar-refractivity contribution in [2.45, 2.75) is 77.7 Å². The summed E-state index contributed by atoms with van der Waals surface area (Å²) < 4.78 is 11.3. The molecule has 1 unspecified atom stereocenters. The van der Waals surface area contributed by atoms with Crippen LogP contribution < -0.4 is 5.32 Å². The largest absolute Gasteiger partial charge is 0.444 e. The third-order valence-corrected chi connectivity index (χ3v) is 8.05. The molecule has 0 rings (SSSR count). The van der Waals surface area contributed by atoms with E-state index in [0.717, 1.165) is 6.29 Å². The Morgan fingerprint density at radius 3 is 2.10 bits per heavy atom. The lowest BCUT2D eigenvalue weighted by molar-refractivity contribution is -0.108. The fourth-order valence-corrected chi connectivity index (χ4v) is 2.34. The van der Waals surface area contributed by atoms with E-state index >= 15 is 0 Å². The number of alkyl carbamates (subject to hydrolysis) is 1. The Bertz CT molecular complexity index is 356. The van der Waals surface area contributed by atoms with Crippen LogP contribution in [-0.2, 0) is 14.0 Å². The van der Waals surface area contributed by atoms with Crippen LogP contribution in [0.2, 0.25) is 18.1 Å². The number of rotatable bonds is 6. The number of aldehydes is 1. The Morgan fingerprint density at radius 2 is 1.71 bits per heavy atom. The number of nitrogens with one attached hydrogen (secondary N) is 1. The van der Waals surface area contributed by atoms with E-state index < -0.39 is 20.0 Å². The monoisotopic (exact) mass is 317 g/mol. The molecule has 124 valence electrons. The lowest BCUT2D eigenvalue weighted by Crippen LogP contribution is -2.47. The van der Waals surface area contributed by atoms with Crippen LogP contribution >= 0.6 is 0 Å². The van der Waals surface area contributed by atoms with E-state index in [4.69, 9.17) is 9.16 Å². The number of hydrogen-bond acceptors (Lipinski definition) is 4. The highest BCUT2D eigenvalue weighted by atomic mass is 28.4. The second-order valence-corrected chi connectivity index (χ2v) is 12.6. The normalized spacial score (nSPS) is 14.5. The summed E-state index contributed by atoms with van der Waals surface area (Å²) in [4.78, 5) is 22.5. The van der Waals surface area contributed by atoms with Gasteiger partial charge in [0.2, 0.25) is 0 Å². The van der Waals surface area contributed by atoms with Gasteiger partial charge in [-0.2, -0.15) is 0 Å². The van der Waals surface area contributed by atoms with Crippen molar-refractivity contribution in [3.63, 3.8) is 0 Å². The first-order chi connectivity index (χ1) is 9.28. The third-order valence-electron chi connectivity index (χ3n) is 3.55. The zero-order valence-electron chi connectivity index (χ0n) is 14.7. The van der Waals surface area contributed by atoms with E-state index in [1.165, 1.54) is 0 Å². The second-order valence-electron chi connectivity index (χ2n) is 7.82. The lowest BCUT2D eigenvalue weighted by atomic mass is 10.2. The van der Waals surface area contributed by atoms with Gasteiger partial charge in [-0.25, -0.2) is 4.79 Å². The molecule has 0 fully saturated rings. The number of carbonyl (C=O) groups excluding carboxylic acids is 2. The van der Waals surface area contributed by atoms with Crippen molar-refractivity contribution in [3.05, 3.63) is 0 Å². The SMILES string of the molecule is CC(C)(C)OC(=O)NC(CC=O)CO[Si](C)(C)C(C)(C)C. The number of hydrogen-bond donors (Lipinski definition) is 1. The molecule has 0 aromatic heterocycles. The summed E-state index contributed by atoms with van der Waals surface area (Å²) in [6.45, 7) is 16.4. The van der Waals surface area contributed by atoms with E-state index in [2.05, 4.69) is 39.2 Å². The molecule has 0 saturated heterocycles. The predicted molar refractivity (Wildman–Crippen MR) is 87.0 cm³/mol. The van der Waals surface area contributed by atoms with Gasteiger partial charge >= 0.3 is 6.09 Å². The molecule has 0 aromatic carbocycles. The highest BCUT2D eigenvalue weighted by Crippen LogP contribution is 2.36. The molecule has 0 saturated carbocycles. The lowest BCUT2D eigenvalue weighted by Gasteiger charge is -2.37. The van der Waals surface area contributed by atoms with Crippen LogP contribution in [0.5, 0.6) is 0 Å².